The van der Waals surface area contributed by atoms with Crippen LogP contribution in [0.5, 0.6) is 0 Å². The summed E-state index contributed by atoms with van der Waals surface area (Å²) >= 11 is 0. The predicted molar refractivity (Wildman–Crippen MR) is 83.6 cm³/mol. The normalized spacial score (nSPS) is 23.2. The lowest BCUT2D eigenvalue weighted by atomic mass is 9.86. The molecular formula is C18H29N. The van der Waals surface area contributed by atoms with Crippen LogP contribution in [0.2, 0.25) is 0 Å². The first-order valence-corrected chi connectivity index (χ1v) is 7.86. The summed E-state index contributed by atoms with van der Waals surface area (Å²) in [5, 5.41) is 3.63. The van der Waals surface area contributed by atoms with E-state index in [9.17, 15) is 0 Å². The molecule has 0 aromatic heterocycles. The number of hydrogen-bond acceptors (Lipinski definition) is 1. The summed E-state index contributed by atoms with van der Waals surface area (Å²) < 4.78 is 0. The topological polar surface area (TPSA) is 12.0 Å². The Balaban J connectivity index is 2.01. The molecular weight excluding hydrogens is 230 g/mol. The standard InChI is InChI=1S/C18H29N/c1-13(2)19-12-17-10-6-9-16(17)11-18-14(3)7-5-8-15(18)4/h5,7-8,13,16-17,19H,6,9-12H2,1-4H3. The minimum atomic E-state index is 0.612. The zero-order valence-corrected chi connectivity index (χ0v) is 13.0. The zero-order valence-electron chi connectivity index (χ0n) is 13.0. The maximum absolute atomic E-state index is 3.63. The van der Waals surface area contributed by atoms with Gasteiger partial charge in [0.2, 0.25) is 0 Å². The number of hydrogen-bond donors (Lipinski definition) is 1. The molecule has 1 aliphatic carbocycles. The lowest BCUT2D eigenvalue weighted by Gasteiger charge is -2.23. The van der Waals surface area contributed by atoms with Gasteiger partial charge in [0.05, 0.1) is 0 Å². The Kier molecular flexibility index (Phi) is 5.04. The number of benzene rings is 1. The van der Waals surface area contributed by atoms with Crippen LogP contribution in [0, 0.1) is 25.7 Å². The van der Waals surface area contributed by atoms with Gasteiger partial charge in [-0.15, -0.1) is 0 Å². The van der Waals surface area contributed by atoms with Gasteiger partial charge < -0.3 is 5.32 Å². The minimum absolute atomic E-state index is 0.612. The summed E-state index contributed by atoms with van der Waals surface area (Å²) in [4.78, 5) is 0. The van der Waals surface area contributed by atoms with E-state index in [1.807, 2.05) is 0 Å². The summed E-state index contributed by atoms with van der Waals surface area (Å²) in [6.07, 6.45) is 5.52. The van der Waals surface area contributed by atoms with E-state index in [-0.39, 0.29) is 0 Å². The zero-order chi connectivity index (χ0) is 13.8. The largest absolute Gasteiger partial charge is 0.314 e. The smallest absolute Gasteiger partial charge is 0.00104 e. The van der Waals surface area contributed by atoms with Crippen molar-refractivity contribution in [2.75, 3.05) is 6.54 Å². The van der Waals surface area contributed by atoms with Crippen LogP contribution in [-0.4, -0.2) is 12.6 Å². The van der Waals surface area contributed by atoms with Crippen molar-refractivity contribution in [3.8, 4) is 0 Å². The van der Waals surface area contributed by atoms with Gasteiger partial charge >= 0.3 is 0 Å². The van der Waals surface area contributed by atoms with Crippen molar-refractivity contribution in [2.45, 2.75) is 59.4 Å². The molecule has 1 nitrogen and oxygen atoms in total. The number of aryl methyl sites for hydroxylation is 2. The van der Waals surface area contributed by atoms with E-state index in [4.69, 9.17) is 0 Å². The van der Waals surface area contributed by atoms with E-state index < -0.39 is 0 Å². The van der Waals surface area contributed by atoms with Gasteiger partial charge in [-0.3, -0.25) is 0 Å². The highest BCUT2D eigenvalue weighted by atomic mass is 14.9. The summed E-state index contributed by atoms with van der Waals surface area (Å²) in [5.41, 5.74) is 4.55. The highest BCUT2D eigenvalue weighted by Crippen LogP contribution is 2.35. The molecule has 19 heavy (non-hydrogen) atoms. The Morgan fingerprint density at radius 2 is 1.74 bits per heavy atom. The van der Waals surface area contributed by atoms with Crippen LogP contribution in [0.1, 0.15) is 49.8 Å². The molecule has 1 aromatic rings. The van der Waals surface area contributed by atoms with Gasteiger partial charge in [-0.2, -0.15) is 0 Å². The molecule has 1 fully saturated rings. The van der Waals surface area contributed by atoms with Gasteiger partial charge in [0, 0.05) is 6.04 Å². The highest BCUT2D eigenvalue weighted by Gasteiger charge is 2.27. The lowest BCUT2D eigenvalue weighted by molar-refractivity contribution is 0.353. The van der Waals surface area contributed by atoms with Crippen molar-refractivity contribution in [3.05, 3.63) is 34.9 Å². The van der Waals surface area contributed by atoms with E-state index in [0.717, 1.165) is 11.8 Å². The molecule has 0 bridgehead atoms. The van der Waals surface area contributed by atoms with E-state index in [2.05, 4.69) is 51.2 Å². The van der Waals surface area contributed by atoms with Gasteiger partial charge in [-0.05, 0) is 68.2 Å². The Hall–Kier alpha value is -0.820. The second-order valence-corrected chi connectivity index (χ2v) is 6.59. The first-order chi connectivity index (χ1) is 9.08. The molecule has 106 valence electrons. The van der Waals surface area contributed by atoms with Crippen LogP contribution < -0.4 is 5.32 Å². The fourth-order valence-corrected chi connectivity index (χ4v) is 3.47. The minimum Gasteiger partial charge on any atom is -0.314 e. The number of nitrogens with one attached hydrogen (secondary N) is 1. The third kappa shape index (κ3) is 3.82. The van der Waals surface area contributed by atoms with Crippen molar-refractivity contribution in [1.82, 2.24) is 5.32 Å². The molecule has 2 rings (SSSR count). The molecule has 1 saturated carbocycles. The number of rotatable bonds is 5. The summed E-state index contributed by atoms with van der Waals surface area (Å²) in [7, 11) is 0. The van der Waals surface area contributed by atoms with Gasteiger partial charge in [0.15, 0.2) is 0 Å². The molecule has 1 heteroatoms. The third-order valence-electron chi connectivity index (χ3n) is 4.72. The molecule has 0 spiro atoms. The molecule has 0 saturated heterocycles. The summed E-state index contributed by atoms with van der Waals surface area (Å²) in [6.45, 7) is 10.2. The summed E-state index contributed by atoms with van der Waals surface area (Å²) in [6, 6.07) is 7.32. The average Bonchev–Trinajstić information content (AvgIpc) is 2.79. The molecule has 0 heterocycles. The highest BCUT2D eigenvalue weighted by molar-refractivity contribution is 5.34. The van der Waals surface area contributed by atoms with Gasteiger partial charge in [-0.1, -0.05) is 38.5 Å². The van der Waals surface area contributed by atoms with E-state index in [1.165, 1.54) is 43.4 Å². The lowest BCUT2D eigenvalue weighted by Crippen LogP contribution is -2.31. The second-order valence-electron chi connectivity index (χ2n) is 6.59. The molecule has 1 N–H and O–H groups in total. The van der Waals surface area contributed by atoms with Crippen LogP contribution in [0.15, 0.2) is 18.2 Å². The van der Waals surface area contributed by atoms with E-state index in [1.54, 1.807) is 5.56 Å². The van der Waals surface area contributed by atoms with Gasteiger partial charge in [-0.25, -0.2) is 0 Å². The Morgan fingerprint density at radius 1 is 1.11 bits per heavy atom. The monoisotopic (exact) mass is 259 g/mol. The maximum Gasteiger partial charge on any atom is 0.00104 e. The van der Waals surface area contributed by atoms with Crippen LogP contribution in [0.4, 0.5) is 0 Å². The van der Waals surface area contributed by atoms with Crippen molar-refractivity contribution < 1.29 is 0 Å². The quantitative estimate of drug-likeness (QED) is 0.833. The van der Waals surface area contributed by atoms with Crippen molar-refractivity contribution in [1.29, 1.82) is 0 Å². The Labute approximate surface area is 118 Å². The third-order valence-corrected chi connectivity index (χ3v) is 4.72. The van der Waals surface area contributed by atoms with Crippen LogP contribution >= 0.6 is 0 Å². The van der Waals surface area contributed by atoms with Crippen LogP contribution in [-0.2, 0) is 6.42 Å². The van der Waals surface area contributed by atoms with Gasteiger partial charge in [0.25, 0.3) is 0 Å². The first-order valence-electron chi connectivity index (χ1n) is 7.86. The van der Waals surface area contributed by atoms with E-state index >= 15 is 0 Å². The molecule has 2 unspecified atom stereocenters. The molecule has 1 aliphatic rings. The molecule has 1 aromatic carbocycles. The van der Waals surface area contributed by atoms with Crippen LogP contribution in [0.3, 0.4) is 0 Å². The maximum atomic E-state index is 3.63. The fourth-order valence-electron chi connectivity index (χ4n) is 3.47. The predicted octanol–water partition coefficient (Wildman–Crippen LogP) is 4.26. The SMILES string of the molecule is Cc1cccc(C)c1CC1CCCC1CNC(C)C. The van der Waals surface area contributed by atoms with Crippen molar-refractivity contribution >= 4 is 0 Å². The van der Waals surface area contributed by atoms with Gasteiger partial charge in [0.1, 0.15) is 0 Å². The second kappa shape index (κ2) is 6.56. The summed E-state index contributed by atoms with van der Waals surface area (Å²) in [5.74, 6) is 1.76. The molecule has 2 atom stereocenters. The fraction of sp³-hybridized carbons (Fsp3) is 0.667. The first kappa shape index (κ1) is 14.6. The molecule has 0 radical (unpaired) electrons. The van der Waals surface area contributed by atoms with Crippen molar-refractivity contribution in [2.24, 2.45) is 11.8 Å². The van der Waals surface area contributed by atoms with E-state index in [0.29, 0.717) is 6.04 Å². The van der Waals surface area contributed by atoms with Crippen molar-refractivity contribution in [3.63, 3.8) is 0 Å². The molecule has 0 aliphatic heterocycles. The molecule has 0 amide bonds. The Bertz CT molecular complexity index is 388. The average molecular weight is 259 g/mol. The Morgan fingerprint density at radius 3 is 2.37 bits per heavy atom. The van der Waals surface area contributed by atoms with Crippen LogP contribution in [0.25, 0.3) is 0 Å².